The van der Waals surface area contributed by atoms with E-state index in [1.54, 1.807) is 31.4 Å². The van der Waals surface area contributed by atoms with Crippen molar-refractivity contribution in [1.29, 1.82) is 5.26 Å². The predicted octanol–water partition coefficient (Wildman–Crippen LogP) is 4.53. The van der Waals surface area contributed by atoms with Crippen molar-refractivity contribution in [2.24, 2.45) is 0 Å². The topological polar surface area (TPSA) is 132 Å². The number of nitrogens with zero attached hydrogens (tertiary/aromatic N) is 8. The van der Waals surface area contributed by atoms with Gasteiger partial charge >= 0.3 is 6.01 Å². The summed E-state index contributed by atoms with van der Waals surface area (Å²) in [5.74, 6) is -4.40. The van der Waals surface area contributed by atoms with Gasteiger partial charge in [-0.15, -0.1) is 0 Å². The molecule has 1 N–H and O–H groups in total. The van der Waals surface area contributed by atoms with E-state index in [-0.39, 0.29) is 54.7 Å². The molecule has 250 valence electrons. The van der Waals surface area contributed by atoms with Crippen LogP contribution in [-0.2, 0) is 4.79 Å². The summed E-state index contributed by atoms with van der Waals surface area (Å²) in [7, 11) is 1.54. The summed E-state index contributed by atoms with van der Waals surface area (Å²) in [4.78, 5) is 34.3. The Balaban J connectivity index is 1.45. The Kier molecular flexibility index (Phi) is 9.08. The van der Waals surface area contributed by atoms with E-state index in [9.17, 15) is 28.3 Å². The number of aliphatic hydroxyl groups is 1. The fraction of sp³-hybridized carbons (Fsp3) is 0.375. The van der Waals surface area contributed by atoms with Gasteiger partial charge in [0.1, 0.15) is 30.3 Å². The highest BCUT2D eigenvalue weighted by molar-refractivity contribution is 6.36. The zero-order chi connectivity index (χ0) is 34.2. The van der Waals surface area contributed by atoms with E-state index in [0.717, 1.165) is 17.1 Å². The molecule has 2 fully saturated rings. The molecule has 0 spiro atoms. The third-order valence-corrected chi connectivity index (χ3v) is 8.81. The van der Waals surface area contributed by atoms with E-state index in [1.807, 2.05) is 6.07 Å². The molecule has 16 heteroatoms. The lowest BCUT2D eigenvalue weighted by atomic mass is 10.0. The maximum absolute atomic E-state index is 16.6. The van der Waals surface area contributed by atoms with Crippen molar-refractivity contribution in [2.75, 3.05) is 51.4 Å². The molecule has 0 saturated carbocycles. The highest BCUT2D eigenvalue weighted by atomic mass is 35.5. The molecule has 3 aromatic heterocycles. The van der Waals surface area contributed by atoms with Crippen molar-refractivity contribution in [3.8, 4) is 23.3 Å². The first-order valence-corrected chi connectivity index (χ1v) is 15.3. The maximum Gasteiger partial charge on any atom is 0.319 e. The van der Waals surface area contributed by atoms with Crippen LogP contribution in [0.15, 0.2) is 48.9 Å². The van der Waals surface area contributed by atoms with E-state index in [2.05, 4.69) is 19.9 Å². The van der Waals surface area contributed by atoms with Crippen LogP contribution in [-0.4, -0.2) is 105 Å². The number of anilines is 1. The summed E-state index contributed by atoms with van der Waals surface area (Å²) in [6.07, 6.45) is 5.37. The number of fused-ring (bicyclic) bond motifs is 2. The second-order valence-corrected chi connectivity index (χ2v) is 12.2. The zero-order valence-corrected chi connectivity index (χ0v) is 26.3. The Labute approximate surface area is 277 Å². The Bertz CT molecular complexity index is 1960. The standard InChI is InChI=1S/C32H29ClF4N8O3/c1-43-17-31(36,37)12-20(43)16-48-30-41-28-22(15-40-27(26(28)35)21-14-39-13-19-4-2-5-23(33)25(19)21)29(42-30)44-10-11-45(24(46)6-3-8-34)32(47,18-44)7-9-38/h2-6,13-15,20,47H,7-8,10-12,16-18H2,1H3/b6-3+/t20-,32-/m0/s1. The average Bonchev–Trinajstić information content (AvgIpc) is 3.33. The first-order valence-electron chi connectivity index (χ1n) is 14.9. The molecule has 0 aliphatic carbocycles. The van der Waals surface area contributed by atoms with Gasteiger partial charge in [-0.25, -0.2) is 17.6 Å². The number of rotatable bonds is 8. The molecule has 48 heavy (non-hydrogen) atoms. The number of likely N-dealkylation sites (tertiary alicyclic amines) is 1. The summed E-state index contributed by atoms with van der Waals surface area (Å²) in [5, 5.41) is 22.7. The monoisotopic (exact) mass is 684 g/mol. The quantitative estimate of drug-likeness (QED) is 0.209. The summed E-state index contributed by atoms with van der Waals surface area (Å²) >= 11 is 6.50. The minimum absolute atomic E-state index is 0.0539. The van der Waals surface area contributed by atoms with Gasteiger partial charge in [-0.3, -0.25) is 19.7 Å². The molecular formula is C32H29ClF4N8O3. The van der Waals surface area contributed by atoms with Crippen LogP contribution >= 0.6 is 11.6 Å². The number of alkyl halides is 3. The number of aromatic nitrogens is 4. The summed E-state index contributed by atoms with van der Waals surface area (Å²) in [5.41, 5.74) is -2.07. The molecule has 5 heterocycles. The number of hydrogen-bond donors (Lipinski definition) is 1. The molecule has 2 aliphatic rings. The number of likely N-dealkylation sites (N-methyl/N-ethyl adjacent to an activating group) is 1. The van der Waals surface area contributed by atoms with Crippen molar-refractivity contribution in [1.82, 2.24) is 29.7 Å². The van der Waals surface area contributed by atoms with Crippen LogP contribution in [0, 0.1) is 17.1 Å². The van der Waals surface area contributed by atoms with Crippen LogP contribution < -0.4 is 9.64 Å². The Morgan fingerprint density at radius 3 is 2.77 bits per heavy atom. The highest BCUT2D eigenvalue weighted by Crippen LogP contribution is 2.38. The summed E-state index contributed by atoms with van der Waals surface area (Å²) in [6.45, 7) is -1.96. The lowest BCUT2D eigenvalue weighted by molar-refractivity contribution is -0.155. The lowest BCUT2D eigenvalue weighted by Gasteiger charge is -2.46. The number of allylic oxidation sites excluding steroid dienone is 1. The third-order valence-electron chi connectivity index (χ3n) is 8.49. The van der Waals surface area contributed by atoms with Gasteiger partial charge in [-0.1, -0.05) is 23.7 Å². The number of benzene rings is 1. The maximum atomic E-state index is 16.6. The first kappa shape index (κ1) is 33.3. The smallest absolute Gasteiger partial charge is 0.319 e. The first-order chi connectivity index (χ1) is 22.9. The number of hydrogen-bond acceptors (Lipinski definition) is 10. The van der Waals surface area contributed by atoms with Gasteiger partial charge in [0.15, 0.2) is 11.5 Å². The molecule has 4 aromatic rings. The molecule has 2 atom stereocenters. The molecule has 2 aliphatic heterocycles. The van der Waals surface area contributed by atoms with Crippen molar-refractivity contribution in [3.05, 3.63) is 59.8 Å². The van der Waals surface area contributed by atoms with Gasteiger partial charge in [0.05, 0.1) is 31.0 Å². The van der Waals surface area contributed by atoms with Crippen LogP contribution in [0.1, 0.15) is 12.8 Å². The summed E-state index contributed by atoms with van der Waals surface area (Å²) < 4.78 is 63.3. The molecule has 0 bridgehead atoms. The van der Waals surface area contributed by atoms with E-state index < -0.39 is 55.5 Å². The molecule has 0 radical (unpaired) electrons. The predicted molar refractivity (Wildman–Crippen MR) is 169 cm³/mol. The molecule has 2 saturated heterocycles. The molecule has 0 unspecified atom stereocenters. The van der Waals surface area contributed by atoms with Gasteiger partial charge in [-0.05, 0) is 19.2 Å². The largest absolute Gasteiger partial charge is 0.462 e. The number of halogens is 5. The zero-order valence-electron chi connectivity index (χ0n) is 25.6. The number of nitriles is 1. The number of carbonyl (C=O) groups is 1. The minimum Gasteiger partial charge on any atom is -0.462 e. The van der Waals surface area contributed by atoms with Crippen molar-refractivity contribution >= 4 is 45.0 Å². The van der Waals surface area contributed by atoms with E-state index in [1.165, 1.54) is 22.2 Å². The van der Waals surface area contributed by atoms with Gasteiger partial charge in [0.25, 0.3) is 5.92 Å². The van der Waals surface area contributed by atoms with Crippen molar-refractivity contribution < 1.29 is 32.2 Å². The molecule has 1 aromatic carbocycles. The number of ether oxygens (including phenoxy) is 1. The Hall–Kier alpha value is -4.65. The second-order valence-electron chi connectivity index (χ2n) is 11.8. The van der Waals surface area contributed by atoms with Gasteiger partial charge in [-0.2, -0.15) is 15.2 Å². The SMILES string of the molecule is CN1CC(F)(F)C[C@H]1COc1nc(N2CCN(C(=O)/C=C/CF)[C@](O)(CC#N)C2)c2cnc(-c3cncc4cccc(Cl)c34)c(F)c2n1. The van der Waals surface area contributed by atoms with Crippen LogP contribution in [0.4, 0.5) is 23.4 Å². The van der Waals surface area contributed by atoms with E-state index in [4.69, 9.17) is 16.3 Å². The average molecular weight is 685 g/mol. The molecule has 6 rings (SSSR count). The van der Waals surface area contributed by atoms with Gasteiger partial charge in [0.2, 0.25) is 5.91 Å². The van der Waals surface area contributed by atoms with Crippen LogP contribution in [0.25, 0.3) is 32.9 Å². The summed E-state index contributed by atoms with van der Waals surface area (Å²) in [6, 6.07) is 6.05. The van der Waals surface area contributed by atoms with Crippen LogP contribution in [0.3, 0.4) is 0 Å². The van der Waals surface area contributed by atoms with Gasteiger partial charge in [0, 0.05) is 71.6 Å². The second kappa shape index (κ2) is 13.1. The molecule has 11 nitrogen and oxygen atoms in total. The normalized spacial score (nSPS) is 21.3. The van der Waals surface area contributed by atoms with Crippen molar-refractivity contribution in [3.63, 3.8) is 0 Å². The van der Waals surface area contributed by atoms with Crippen LogP contribution in [0.2, 0.25) is 5.02 Å². The number of carbonyl (C=O) groups excluding carboxylic acids is 1. The van der Waals surface area contributed by atoms with E-state index >= 15 is 4.39 Å². The molecule has 1 amide bonds. The number of amides is 1. The number of pyridine rings is 2. The Morgan fingerprint density at radius 1 is 1.23 bits per heavy atom. The fourth-order valence-electron chi connectivity index (χ4n) is 6.21. The fourth-order valence-corrected chi connectivity index (χ4v) is 6.49. The number of piperazine rings is 1. The van der Waals surface area contributed by atoms with E-state index in [0.29, 0.717) is 21.4 Å². The third kappa shape index (κ3) is 6.30. The minimum atomic E-state index is -2.90. The highest BCUT2D eigenvalue weighted by Gasteiger charge is 2.44. The number of β-amino-alcohol motifs (C(OH)–C–C–N with tert-alkyl or cyclic N) is 1. The van der Waals surface area contributed by atoms with Crippen molar-refractivity contribution in [2.45, 2.75) is 30.5 Å². The van der Waals surface area contributed by atoms with Crippen LogP contribution in [0.5, 0.6) is 6.01 Å². The lowest BCUT2D eigenvalue weighted by Crippen LogP contribution is -2.64. The molecular weight excluding hydrogens is 656 g/mol. The Morgan fingerprint density at radius 2 is 2.04 bits per heavy atom. The van der Waals surface area contributed by atoms with Gasteiger partial charge < -0.3 is 19.6 Å².